The third kappa shape index (κ3) is 4.30. The number of hydrogen-bond acceptors (Lipinski definition) is 4. The lowest BCUT2D eigenvalue weighted by molar-refractivity contribution is -0.129. The van der Waals surface area contributed by atoms with Crippen LogP contribution in [0.2, 0.25) is 0 Å². The van der Waals surface area contributed by atoms with Gasteiger partial charge in [0.1, 0.15) is 0 Å². The number of likely N-dealkylation sites (tertiary alicyclic amines) is 1. The zero-order valence-electron chi connectivity index (χ0n) is 14.2. The number of aryl methyl sites for hydroxylation is 2. The van der Waals surface area contributed by atoms with Gasteiger partial charge in [-0.3, -0.25) is 9.89 Å². The lowest BCUT2D eigenvalue weighted by atomic mass is 10.1. The van der Waals surface area contributed by atoms with Gasteiger partial charge in [0.05, 0.1) is 18.7 Å². The smallest absolute Gasteiger partial charge is 0.226 e. The lowest BCUT2D eigenvalue weighted by Crippen LogP contribution is -2.34. The standard InChI is InChI=1S/C16H28N4O2/c1-12-15(13(2)18-17-12)9-16(21)19(3)10-14-5-6-20(11-14)7-8-22-4/h14H,5-11H2,1-4H3,(H,17,18)/t14-/m0/s1. The van der Waals surface area contributed by atoms with Gasteiger partial charge in [0.15, 0.2) is 0 Å². The summed E-state index contributed by atoms with van der Waals surface area (Å²) in [5.74, 6) is 0.736. The van der Waals surface area contributed by atoms with E-state index in [9.17, 15) is 4.79 Å². The molecule has 0 radical (unpaired) electrons. The van der Waals surface area contributed by atoms with E-state index in [0.29, 0.717) is 12.3 Å². The minimum atomic E-state index is 0.169. The van der Waals surface area contributed by atoms with Gasteiger partial charge in [-0.1, -0.05) is 0 Å². The summed E-state index contributed by atoms with van der Waals surface area (Å²) in [6.07, 6.45) is 1.59. The number of amides is 1. The van der Waals surface area contributed by atoms with E-state index >= 15 is 0 Å². The van der Waals surface area contributed by atoms with Crippen LogP contribution in [0.1, 0.15) is 23.4 Å². The largest absolute Gasteiger partial charge is 0.383 e. The molecule has 2 rings (SSSR count). The van der Waals surface area contributed by atoms with Crippen LogP contribution < -0.4 is 0 Å². The maximum atomic E-state index is 12.4. The second-order valence-corrected chi connectivity index (χ2v) is 6.31. The van der Waals surface area contributed by atoms with Crippen LogP contribution >= 0.6 is 0 Å². The SMILES string of the molecule is COCCN1CC[C@@H](CN(C)C(=O)Cc2c(C)n[nH]c2C)C1. The van der Waals surface area contributed by atoms with E-state index < -0.39 is 0 Å². The summed E-state index contributed by atoms with van der Waals surface area (Å²) in [5, 5.41) is 7.10. The molecule has 0 aromatic carbocycles. The van der Waals surface area contributed by atoms with E-state index in [1.54, 1.807) is 7.11 Å². The number of H-pyrrole nitrogens is 1. The van der Waals surface area contributed by atoms with Gasteiger partial charge in [0.25, 0.3) is 0 Å². The molecule has 6 nitrogen and oxygen atoms in total. The van der Waals surface area contributed by atoms with Crippen LogP contribution in [0.25, 0.3) is 0 Å². The van der Waals surface area contributed by atoms with Crippen molar-refractivity contribution in [3.8, 4) is 0 Å². The van der Waals surface area contributed by atoms with Crippen LogP contribution in [0, 0.1) is 19.8 Å². The molecular formula is C16H28N4O2. The van der Waals surface area contributed by atoms with Crippen molar-refractivity contribution in [2.24, 2.45) is 5.92 Å². The van der Waals surface area contributed by atoms with Crippen molar-refractivity contribution in [2.45, 2.75) is 26.7 Å². The van der Waals surface area contributed by atoms with Gasteiger partial charge < -0.3 is 14.5 Å². The highest BCUT2D eigenvalue weighted by Gasteiger charge is 2.25. The van der Waals surface area contributed by atoms with E-state index in [-0.39, 0.29) is 5.91 Å². The van der Waals surface area contributed by atoms with E-state index in [1.807, 2.05) is 25.8 Å². The number of carbonyl (C=O) groups is 1. The first-order valence-electron chi connectivity index (χ1n) is 7.97. The maximum Gasteiger partial charge on any atom is 0.226 e. The Morgan fingerprint density at radius 1 is 1.50 bits per heavy atom. The number of aromatic amines is 1. The molecule has 0 saturated carbocycles. The number of aromatic nitrogens is 2. The zero-order chi connectivity index (χ0) is 16.1. The predicted molar refractivity (Wildman–Crippen MR) is 85.8 cm³/mol. The molecule has 1 aromatic rings. The number of likely N-dealkylation sites (N-methyl/N-ethyl adjacent to an activating group) is 1. The molecule has 22 heavy (non-hydrogen) atoms. The number of ether oxygens (including phenoxy) is 1. The van der Waals surface area contributed by atoms with Crippen LogP contribution in [-0.2, 0) is 16.0 Å². The molecule has 1 saturated heterocycles. The molecule has 0 aliphatic carbocycles. The van der Waals surface area contributed by atoms with E-state index in [2.05, 4.69) is 15.1 Å². The number of rotatable bonds is 7. The summed E-state index contributed by atoms with van der Waals surface area (Å²) in [7, 11) is 3.64. The van der Waals surface area contributed by atoms with Crippen molar-refractivity contribution in [3.63, 3.8) is 0 Å². The van der Waals surface area contributed by atoms with Crippen LogP contribution in [0.5, 0.6) is 0 Å². The fourth-order valence-corrected chi connectivity index (χ4v) is 3.10. The topological polar surface area (TPSA) is 61.5 Å². The Kier molecular flexibility index (Phi) is 5.97. The fraction of sp³-hybridized carbons (Fsp3) is 0.750. The quantitative estimate of drug-likeness (QED) is 0.816. The van der Waals surface area contributed by atoms with Crippen molar-refractivity contribution in [3.05, 3.63) is 17.0 Å². The molecule has 1 atom stereocenters. The van der Waals surface area contributed by atoms with Crippen molar-refractivity contribution >= 4 is 5.91 Å². The highest BCUT2D eigenvalue weighted by atomic mass is 16.5. The maximum absolute atomic E-state index is 12.4. The Morgan fingerprint density at radius 3 is 2.91 bits per heavy atom. The molecule has 1 amide bonds. The van der Waals surface area contributed by atoms with E-state index in [1.165, 1.54) is 0 Å². The van der Waals surface area contributed by atoms with Gasteiger partial charge in [0.2, 0.25) is 5.91 Å². The minimum absolute atomic E-state index is 0.169. The number of carbonyl (C=O) groups excluding carboxylic acids is 1. The number of nitrogens with zero attached hydrogens (tertiary/aromatic N) is 3. The van der Waals surface area contributed by atoms with Crippen LogP contribution in [0.4, 0.5) is 0 Å². The summed E-state index contributed by atoms with van der Waals surface area (Å²) in [4.78, 5) is 16.7. The van der Waals surface area contributed by atoms with Gasteiger partial charge in [0, 0.05) is 45.0 Å². The molecule has 2 heterocycles. The highest BCUT2D eigenvalue weighted by Crippen LogP contribution is 2.18. The molecule has 1 aromatic heterocycles. The number of hydrogen-bond donors (Lipinski definition) is 1. The summed E-state index contributed by atoms with van der Waals surface area (Å²) in [6.45, 7) is 8.67. The molecular weight excluding hydrogens is 280 g/mol. The zero-order valence-corrected chi connectivity index (χ0v) is 14.2. The average molecular weight is 308 g/mol. The summed E-state index contributed by atoms with van der Waals surface area (Å²) < 4.78 is 5.12. The first-order valence-corrected chi connectivity index (χ1v) is 7.97. The van der Waals surface area contributed by atoms with Gasteiger partial charge in [-0.2, -0.15) is 5.10 Å². The minimum Gasteiger partial charge on any atom is -0.383 e. The van der Waals surface area contributed by atoms with E-state index in [4.69, 9.17) is 4.74 Å². The Bertz CT molecular complexity index is 481. The molecule has 1 fully saturated rings. The second-order valence-electron chi connectivity index (χ2n) is 6.31. The van der Waals surface area contributed by atoms with Crippen LogP contribution in [0.15, 0.2) is 0 Å². The van der Waals surface area contributed by atoms with Gasteiger partial charge in [-0.05, 0) is 32.7 Å². The first-order chi connectivity index (χ1) is 10.5. The van der Waals surface area contributed by atoms with Crippen molar-refractivity contribution in [1.29, 1.82) is 0 Å². The molecule has 0 unspecified atom stereocenters. The molecule has 0 bridgehead atoms. The third-order valence-corrected chi connectivity index (χ3v) is 4.55. The normalized spacial score (nSPS) is 18.8. The Hall–Kier alpha value is -1.40. The van der Waals surface area contributed by atoms with Crippen molar-refractivity contribution in [2.75, 3.05) is 46.9 Å². The molecule has 6 heteroatoms. The Balaban J connectivity index is 1.80. The average Bonchev–Trinajstić information content (AvgIpc) is 3.06. The van der Waals surface area contributed by atoms with Gasteiger partial charge >= 0.3 is 0 Å². The predicted octanol–water partition coefficient (Wildman–Crippen LogP) is 0.996. The Labute approximate surface area is 132 Å². The van der Waals surface area contributed by atoms with Crippen molar-refractivity contribution < 1.29 is 9.53 Å². The third-order valence-electron chi connectivity index (χ3n) is 4.55. The number of methoxy groups -OCH3 is 1. The molecule has 1 aliphatic rings. The Morgan fingerprint density at radius 2 is 2.27 bits per heavy atom. The van der Waals surface area contributed by atoms with Crippen LogP contribution in [-0.4, -0.2) is 72.8 Å². The van der Waals surface area contributed by atoms with Gasteiger partial charge in [-0.25, -0.2) is 0 Å². The lowest BCUT2D eigenvalue weighted by Gasteiger charge is -2.22. The van der Waals surface area contributed by atoms with Gasteiger partial charge in [-0.15, -0.1) is 0 Å². The molecule has 0 spiro atoms. The molecule has 1 N–H and O–H groups in total. The summed E-state index contributed by atoms with van der Waals surface area (Å²) >= 11 is 0. The number of nitrogens with one attached hydrogen (secondary N) is 1. The molecule has 124 valence electrons. The first kappa shape index (κ1) is 17.0. The summed E-state index contributed by atoms with van der Waals surface area (Å²) in [6, 6.07) is 0. The fourth-order valence-electron chi connectivity index (χ4n) is 3.10. The summed E-state index contributed by atoms with van der Waals surface area (Å²) in [5.41, 5.74) is 2.95. The van der Waals surface area contributed by atoms with Crippen molar-refractivity contribution in [1.82, 2.24) is 20.0 Å². The molecule has 1 aliphatic heterocycles. The van der Waals surface area contributed by atoms with E-state index in [0.717, 1.165) is 56.2 Å². The highest BCUT2D eigenvalue weighted by molar-refractivity contribution is 5.79. The second kappa shape index (κ2) is 7.74. The van der Waals surface area contributed by atoms with Crippen LogP contribution in [0.3, 0.4) is 0 Å². The monoisotopic (exact) mass is 308 g/mol.